The monoisotopic (exact) mass is 275 g/mol. The van der Waals surface area contributed by atoms with Crippen LogP contribution in [-0.4, -0.2) is 34.4 Å². The number of fused-ring (bicyclic) bond motifs is 1. The minimum atomic E-state index is -0.212. The van der Waals surface area contributed by atoms with Gasteiger partial charge in [0.1, 0.15) is 11.8 Å². The Morgan fingerprint density at radius 1 is 1.45 bits per heavy atom. The molecule has 1 amide bonds. The van der Waals surface area contributed by atoms with Gasteiger partial charge in [-0.3, -0.25) is 4.79 Å². The van der Waals surface area contributed by atoms with E-state index in [4.69, 9.17) is 15.4 Å². The van der Waals surface area contributed by atoms with Gasteiger partial charge in [0.15, 0.2) is 5.84 Å². The lowest BCUT2D eigenvalue weighted by Gasteiger charge is -2.25. The number of amides is 1. The summed E-state index contributed by atoms with van der Waals surface area (Å²) in [6.45, 7) is 3.79. The number of carbonyl (C=O) groups excluding carboxylic acids is 1. The minimum Gasteiger partial charge on any atom is -0.463 e. The van der Waals surface area contributed by atoms with Crippen LogP contribution in [0.25, 0.3) is 11.0 Å². The van der Waals surface area contributed by atoms with Crippen LogP contribution in [0.3, 0.4) is 0 Å². The van der Waals surface area contributed by atoms with E-state index in [0.717, 1.165) is 5.39 Å². The molecular formula is C14H17N3O3. The number of rotatable bonds is 4. The maximum Gasteiger partial charge on any atom is 0.258 e. The zero-order valence-corrected chi connectivity index (χ0v) is 11.4. The van der Waals surface area contributed by atoms with E-state index >= 15 is 0 Å². The van der Waals surface area contributed by atoms with E-state index in [-0.39, 0.29) is 24.3 Å². The number of nitrogens with two attached hydrogens (primary N) is 1. The SMILES string of the molecule is CC(C)N(CC(N)=NO)C(=O)c1coc2ccccc12. The highest BCUT2D eigenvalue weighted by Crippen LogP contribution is 2.22. The highest BCUT2D eigenvalue weighted by atomic mass is 16.4. The molecule has 0 bridgehead atoms. The van der Waals surface area contributed by atoms with Gasteiger partial charge in [-0.1, -0.05) is 23.4 Å². The second-order valence-electron chi connectivity index (χ2n) is 4.76. The van der Waals surface area contributed by atoms with Crippen molar-refractivity contribution >= 4 is 22.7 Å². The van der Waals surface area contributed by atoms with Crippen molar-refractivity contribution in [3.63, 3.8) is 0 Å². The van der Waals surface area contributed by atoms with Crippen LogP contribution in [0.1, 0.15) is 24.2 Å². The summed E-state index contributed by atoms with van der Waals surface area (Å²) < 4.78 is 5.37. The van der Waals surface area contributed by atoms with Crippen LogP contribution in [0.4, 0.5) is 0 Å². The van der Waals surface area contributed by atoms with Gasteiger partial charge in [-0.15, -0.1) is 0 Å². The van der Waals surface area contributed by atoms with Gasteiger partial charge in [0, 0.05) is 11.4 Å². The number of carbonyl (C=O) groups is 1. The lowest BCUT2D eigenvalue weighted by Crippen LogP contribution is -2.42. The molecule has 3 N–H and O–H groups in total. The number of oxime groups is 1. The molecule has 106 valence electrons. The Morgan fingerprint density at radius 3 is 2.80 bits per heavy atom. The Labute approximate surface area is 116 Å². The standard InChI is InChI=1S/C14H17N3O3/c1-9(2)17(7-13(15)16-19)14(18)11-8-20-12-6-4-3-5-10(11)12/h3-6,8-9,19H,7H2,1-2H3,(H2,15,16). The van der Waals surface area contributed by atoms with Crippen molar-refractivity contribution in [2.75, 3.05) is 6.54 Å². The van der Waals surface area contributed by atoms with Crippen molar-refractivity contribution in [2.45, 2.75) is 19.9 Å². The smallest absolute Gasteiger partial charge is 0.258 e. The molecule has 0 aliphatic heterocycles. The summed E-state index contributed by atoms with van der Waals surface area (Å²) in [4.78, 5) is 14.1. The molecule has 0 atom stereocenters. The summed E-state index contributed by atoms with van der Waals surface area (Å²) in [6, 6.07) is 7.23. The van der Waals surface area contributed by atoms with Crippen molar-refractivity contribution in [1.82, 2.24) is 4.90 Å². The number of para-hydroxylation sites is 1. The van der Waals surface area contributed by atoms with Gasteiger partial charge in [-0.2, -0.15) is 0 Å². The third kappa shape index (κ3) is 2.59. The molecule has 2 aromatic rings. The molecule has 0 fully saturated rings. The topological polar surface area (TPSA) is 92.1 Å². The molecule has 0 saturated heterocycles. The van der Waals surface area contributed by atoms with Gasteiger partial charge in [-0.25, -0.2) is 0 Å². The number of hydrogen-bond donors (Lipinski definition) is 2. The van der Waals surface area contributed by atoms with Gasteiger partial charge in [0.25, 0.3) is 5.91 Å². The fraction of sp³-hybridized carbons (Fsp3) is 0.286. The Balaban J connectivity index is 2.37. The number of amidine groups is 1. The second kappa shape index (κ2) is 5.64. The lowest BCUT2D eigenvalue weighted by atomic mass is 10.1. The molecule has 0 unspecified atom stereocenters. The summed E-state index contributed by atoms with van der Waals surface area (Å²) in [5.41, 5.74) is 6.63. The average Bonchev–Trinajstić information content (AvgIpc) is 2.87. The highest BCUT2D eigenvalue weighted by Gasteiger charge is 2.23. The van der Waals surface area contributed by atoms with Crippen molar-refractivity contribution in [3.05, 3.63) is 36.1 Å². The summed E-state index contributed by atoms with van der Waals surface area (Å²) in [5.74, 6) is -0.226. The first-order valence-corrected chi connectivity index (χ1v) is 6.28. The molecule has 1 heterocycles. The van der Waals surface area contributed by atoms with Crippen LogP contribution in [0.15, 0.2) is 40.1 Å². The minimum absolute atomic E-state index is 0.0140. The summed E-state index contributed by atoms with van der Waals surface area (Å²) in [6.07, 6.45) is 1.44. The third-order valence-corrected chi connectivity index (χ3v) is 3.06. The average molecular weight is 275 g/mol. The van der Waals surface area contributed by atoms with E-state index in [1.807, 2.05) is 32.0 Å². The van der Waals surface area contributed by atoms with Crippen LogP contribution in [0.5, 0.6) is 0 Å². The van der Waals surface area contributed by atoms with Gasteiger partial charge in [0.2, 0.25) is 0 Å². The molecule has 0 spiro atoms. The van der Waals surface area contributed by atoms with Crippen molar-refractivity contribution in [1.29, 1.82) is 0 Å². The Hall–Kier alpha value is -2.50. The number of hydrogen-bond acceptors (Lipinski definition) is 4. The van der Waals surface area contributed by atoms with E-state index in [1.54, 1.807) is 6.07 Å². The van der Waals surface area contributed by atoms with Crippen LogP contribution < -0.4 is 5.73 Å². The molecule has 0 aliphatic carbocycles. The number of benzene rings is 1. The Kier molecular flexibility index (Phi) is 3.93. The van der Waals surface area contributed by atoms with Crippen LogP contribution in [0.2, 0.25) is 0 Å². The zero-order chi connectivity index (χ0) is 14.7. The van der Waals surface area contributed by atoms with E-state index in [2.05, 4.69) is 5.16 Å². The van der Waals surface area contributed by atoms with Gasteiger partial charge >= 0.3 is 0 Å². The number of nitrogens with zero attached hydrogens (tertiary/aromatic N) is 2. The molecule has 0 radical (unpaired) electrons. The quantitative estimate of drug-likeness (QED) is 0.386. The van der Waals surface area contributed by atoms with Crippen LogP contribution >= 0.6 is 0 Å². The lowest BCUT2D eigenvalue weighted by molar-refractivity contribution is 0.0735. The van der Waals surface area contributed by atoms with E-state index < -0.39 is 0 Å². The first-order chi connectivity index (χ1) is 9.54. The van der Waals surface area contributed by atoms with Crippen LogP contribution in [-0.2, 0) is 0 Å². The predicted molar refractivity (Wildman–Crippen MR) is 75.8 cm³/mol. The molecule has 1 aromatic carbocycles. The molecule has 6 heteroatoms. The Morgan fingerprint density at radius 2 is 2.15 bits per heavy atom. The van der Waals surface area contributed by atoms with Gasteiger partial charge in [-0.05, 0) is 19.9 Å². The van der Waals surface area contributed by atoms with E-state index in [9.17, 15) is 4.79 Å². The van der Waals surface area contributed by atoms with Crippen LogP contribution in [0, 0.1) is 0 Å². The zero-order valence-electron chi connectivity index (χ0n) is 11.4. The first-order valence-electron chi connectivity index (χ1n) is 6.28. The molecule has 6 nitrogen and oxygen atoms in total. The molecule has 0 aliphatic rings. The Bertz CT molecular complexity index is 646. The van der Waals surface area contributed by atoms with Crippen molar-refractivity contribution in [2.24, 2.45) is 10.9 Å². The first kappa shape index (κ1) is 13.9. The van der Waals surface area contributed by atoms with Crippen molar-refractivity contribution < 1.29 is 14.4 Å². The molecular weight excluding hydrogens is 258 g/mol. The van der Waals surface area contributed by atoms with Gasteiger partial charge < -0.3 is 20.3 Å². The largest absolute Gasteiger partial charge is 0.463 e. The maximum absolute atomic E-state index is 12.6. The van der Waals surface area contributed by atoms with E-state index in [0.29, 0.717) is 11.1 Å². The van der Waals surface area contributed by atoms with Gasteiger partial charge in [0.05, 0.1) is 12.1 Å². The predicted octanol–water partition coefficient (Wildman–Crippen LogP) is 2.03. The maximum atomic E-state index is 12.6. The molecule has 0 saturated carbocycles. The summed E-state index contributed by atoms with van der Waals surface area (Å²) >= 11 is 0. The molecule has 1 aromatic heterocycles. The summed E-state index contributed by atoms with van der Waals surface area (Å²) in [7, 11) is 0. The second-order valence-corrected chi connectivity index (χ2v) is 4.76. The number of furan rings is 1. The fourth-order valence-corrected chi connectivity index (χ4v) is 1.99. The van der Waals surface area contributed by atoms with E-state index in [1.165, 1.54) is 11.2 Å². The summed E-state index contributed by atoms with van der Waals surface area (Å²) in [5, 5.41) is 12.3. The third-order valence-electron chi connectivity index (χ3n) is 3.06. The molecule has 2 rings (SSSR count). The highest BCUT2D eigenvalue weighted by molar-refractivity contribution is 6.07. The van der Waals surface area contributed by atoms with Crippen molar-refractivity contribution in [3.8, 4) is 0 Å². The fourth-order valence-electron chi connectivity index (χ4n) is 1.99. The normalized spacial score (nSPS) is 12.1. The molecule has 20 heavy (non-hydrogen) atoms.